The number of methoxy groups -OCH3 is 1. The first-order chi connectivity index (χ1) is 16.8. The number of alkyl halides is 3. The van der Waals surface area contributed by atoms with Crippen LogP contribution in [-0.4, -0.2) is 53.5 Å². The van der Waals surface area contributed by atoms with Gasteiger partial charge < -0.3 is 18.9 Å². The number of nitriles is 1. The van der Waals surface area contributed by atoms with Crippen LogP contribution in [0, 0.1) is 11.3 Å². The van der Waals surface area contributed by atoms with Gasteiger partial charge in [-0.2, -0.15) is 5.26 Å². The van der Waals surface area contributed by atoms with Gasteiger partial charge in [0.15, 0.2) is 0 Å². The van der Waals surface area contributed by atoms with E-state index in [0.717, 1.165) is 11.4 Å². The molecular formula is C24H22F3N5O3. The zero-order chi connectivity index (χ0) is 25.0. The van der Waals surface area contributed by atoms with Crippen LogP contribution in [0.1, 0.15) is 17.0 Å². The lowest BCUT2D eigenvalue weighted by atomic mass is 10.1. The molecular weight excluding hydrogens is 463 g/mol. The number of piperazine rings is 1. The quantitative estimate of drug-likeness (QED) is 0.509. The van der Waals surface area contributed by atoms with Gasteiger partial charge >= 0.3 is 6.36 Å². The van der Waals surface area contributed by atoms with E-state index in [1.54, 1.807) is 24.4 Å². The number of ether oxygens (including phenoxy) is 2. The van der Waals surface area contributed by atoms with Crippen molar-refractivity contribution in [1.29, 1.82) is 5.26 Å². The zero-order valence-corrected chi connectivity index (χ0v) is 18.8. The van der Waals surface area contributed by atoms with E-state index < -0.39 is 6.36 Å². The fourth-order valence-electron chi connectivity index (χ4n) is 3.94. The first-order valence-electron chi connectivity index (χ1n) is 10.7. The molecule has 0 aliphatic carbocycles. The summed E-state index contributed by atoms with van der Waals surface area (Å²) in [5.74, 6) is 0.662. The van der Waals surface area contributed by atoms with Crippen LogP contribution in [0.5, 0.6) is 11.5 Å². The van der Waals surface area contributed by atoms with Crippen LogP contribution in [0.15, 0.2) is 54.9 Å². The summed E-state index contributed by atoms with van der Waals surface area (Å²) in [7, 11) is 1.51. The second-order valence-corrected chi connectivity index (χ2v) is 7.92. The van der Waals surface area contributed by atoms with Crippen molar-refractivity contribution in [2.75, 3.05) is 31.6 Å². The highest BCUT2D eigenvalue weighted by molar-refractivity contribution is 5.95. The van der Waals surface area contributed by atoms with Gasteiger partial charge in [0, 0.05) is 43.8 Å². The van der Waals surface area contributed by atoms with Crippen LogP contribution in [0.3, 0.4) is 0 Å². The smallest absolute Gasteiger partial charge is 0.495 e. The predicted octanol–water partition coefficient (Wildman–Crippen LogP) is 3.56. The lowest BCUT2D eigenvalue weighted by Crippen LogP contribution is -2.50. The third-order valence-corrected chi connectivity index (χ3v) is 5.57. The normalized spacial score (nSPS) is 14.6. The molecule has 1 aliphatic heterocycles. The highest BCUT2D eigenvalue weighted by Gasteiger charge is 2.32. The molecule has 4 rings (SSSR count). The van der Waals surface area contributed by atoms with Crippen molar-refractivity contribution < 1.29 is 27.4 Å². The summed E-state index contributed by atoms with van der Waals surface area (Å²) in [6.45, 7) is 1.88. The minimum Gasteiger partial charge on any atom is -0.495 e. The van der Waals surface area contributed by atoms with Crippen LogP contribution in [-0.2, 0) is 17.9 Å². The molecule has 182 valence electrons. The molecule has 1 saturated heterocycles. The Labute approximate surface area is 199 Å². The molecule has 35 heavy (non-hydrogen) atoms. The molecule has 0 atom stereocenters. The fraction of sp³-hybridized carbons (Fsp3) is 0.292. The van der Waals surface area contributed by atoms with E-state index in [-0.39, 0.29) is 18.2 Å². The number of aromatic nitrogens is 2. The van der Waals surface area contributed by atoms with E-state index in [0.29, 0.717) is 43.2 Å². The third kappa shape index (κ3) is 5.91. The van der Waals surface area contributed by atoms with E-state index in [4.69, 9.17) is 10.00 Å². The van der Waals surface area contributed by atoms with Crippen LogP contribution >= 0.6 is 0 Å². The minimum atomic E-state index is -4.80. The molecule has 1 aromatic heterocycles. The van der Waals surface area contributed by atoms with Crippen molar-refractivity contribution in [2.45, 2.75) is 19.5 Å². The Bertz CT molecular complexity index is 1250. The summed E-state index contributed by atoms with van der Waals surface area (Å²) < 4.78 is 48.8. The van der Waals surface area contributed by atoms with Crippen molar-refractivity contribution in [3.63, 3.8) is 0 Å². The number of hydrogen-bond acceptors (Lipinski definition) is 6. The van der Waals surface area contributed by atoms with E-state index in [1.807, 2.05) is 21.7 Å². The predicted molar refractivity (Wildman–Crippen MR) is 120 cm³/mol. The number of nitrogens with zero attached hydrogens (tertiary/aromatic N) is 5. The van der Waals surface area contributed by atoms with Gasteiger partial charge in [-0.25, -0.2) is 4.98 Å². The van der Waals surface area contributed by atoms with Crippen molar-refractivity contribution in [2.24, 2.45) is 0 Å². The van der Waals surface area contributed by atoms with Crippen molar-refractivity contribution in [1.82, 2.24) is 14.5 Å². The first-order valence-corrected chi connectivity index (χ1v) is 10.7. The standard InChI is InChI=1S/C24H22F3N5O3/c1-34-21-11-17(5-6-18(21)13-28)14-31-8-7-29-22(31)15-30-9-10-32(23(33)16-30)19-3-2-4-20(12-19)35-24(25,26)27/h2-8,11-12H,9-10,14-16H2,1H3. The van der Waals surface area contributed by atoms with Crippen LogP contribution in [0.25, 0.3) is 0 Å². The molecule has 0 N–H and O–H groups in total. The monoisotopic (exact) mass is 485 g/mol. The average Bonchev–Trinajstić information content (AvgIpc) is 3.24. The minimum absolute atomic E-state index is 0.0991. The van der Waals surface area contributed by atoms with Crippen LogP contribution < -0.4 is 14.4 Å². The Morgan fingerprint density at radius 2 is 1.97 bits per heavy atom. The number of halogens is 3. The molecule has 11 heteroatoms. The Kier molecular flexibility index (Phi) is 6.93. The zero-order valence-electron chi connectivity index (χ0n) is 18.8. The van der Waals surface area contributed by atoms with Gasteiger partial charge in [-0.15, -0.1) is 13.2 Å². The van der Waals surface area contributed by atoms with Crippen LogP contribution in [0.2, 0.25) is 0 Å². The third-order valence-electron chi connectivity index (χ3n) is 5.57. The van der Waals surface area contributed by atoms with E-state index in [1.165, 1.54) is 30.2 Å². The summed E-state index contributed by atoms with van der Waals surface area (Å²) >= 11 is 0. The maximum absolute atomic E-state index is 12.8. The summed E-state index contributed by atoms with van der Waals surface area (Å²) in [6, 6.07) is 12.9. The molecule has 1 amide bonds. The van der Waals surface area contributed by atoms with Gasteiger partial charge in [0.05, 0.1) is 25.8 Å². The average molecular weight is 485 g/mol. The Hall–Kier alpha value is -4.04. The topological polar surface area (TPSA) is 83.6 Å². The van der Waals surface area contributed by atoms with Crippen LogP contribution in [0.4, 0.5) is 18.9 Å². The van der Waals surface area contributed by atoms with Gasteiger partial charge in [0.2, 0.25) is 5.91 Å². The summed E-state index contributed by atoms with van der Waals surface area (Å²) in [4.78, 5) is 20.6. The summed E-state index contributed by atoms with van der Waals surface area (Å²) in [5.41, 5.74) is 1.74. The number of hydrogen-bond donors (Lipinski definition) is 0. The lowest BCUT2D eigenvalue weighted by Gasteiger charge is -2.34. The molecule has 0 unspecified atom stereocenters. The van der Waals surface area contributed by atoms with Gasteiger partial charge in [-0.1, -0.05) is 12.1 Å². The summed E-state index contributed by atoms with van der Waals surface area (Å²) in [5, 5.41) is 9.16. The molecule has 1 fully saturated rings. The highest BCUT2D eigenvalue weighted by Crippen LogP contribution is 2.28. The van der Waals surface area contributed by atoms with Gasteiger partial charge in [-0.3, -0.25) is 9.69 Å². The highest BCUT2D eigenvalue weighted by atomic mass is 19.4. The number of imidazole rings is 1. The van der Waals surface area contributed by atoms with E-state index in [9.17, 15) is 18.0 Å². The van der Waals surface area contributed by atoms with E-state index >= 15 is 0 Å². The molecule has 0 saturated carbocycles. The number of carbonyl (C=O) groups excluding carboxylic acids is 1. The SMILES string of the molecule is COc1cc(Cn2ccnc2CN2CCN(c3cccc(OC(F)(F)F)c3)C(=O)C2)ccc1C#N. The second kappa shape index (κ2) is 10.1. The first kappa shape index (κ1) is 24.1. The second-order valence-electron chi connectivity index (χ2n) is 7.92. The molecule has 8 nitrogen and oxygen atoms in total. The molecule has 0 bridgehead atoms. The molecule has 1 aliphatic rings. The van der Waals surface area contributed by atoms with Gasteiger partial charge in [0.25, 0.3) is 0 Å². The maximum atomic E-state index is 12.8. The van der Waals surface area contributed by atoms with Gasteiger partial charge in [0.1, 0.15) is 23.4 Å². The van der Waals surface area contributed by atoms with Crippen molar-refractivity contribution in [3.05, 3.63) is 71.8 Å². The van der Waals surface area contributed by atoms with E-state index in [2.05, 4.69) is 15.8 Å². The molecule has 0 radical (unpaired) electrons. The number of anilines is 1. The number of carbonyl (C=O) groups is 1. The summed E-state index contributed by atoms with van der Waals surface area (Å²) in [6.07, 6.45) is -1.28. The Morgan fingerprint density at radius 3 is 2.69 bits per heavy atom. The molecule has 3 aromatic rings. The van der Waals surface area contributed by atoms with Crippen molar-refractivity contribution in [3.8, 4) is 17.6 Å². The molecule has 2 aromatic carbocycles. The Balaban J connectivity index is 1.40. The Morgan fingerprint density at radius 1 is 1.14 bits per heavy atom. The largest absolute Gasteiger partial charge is 0.573 e. The van der Waals surface area contributed by atoms with Gasteiger partial charge in [-0.05, 0) is 29.8 Å². The number of rotatable bonds is 7. The molecule has 0 spiro atoms. The fourth-order valence-corrected chi connectivity index (χ4v) is 3.94. The lowest BCUT2D eigenvalue weighted by molar-refractivity contribution is -0.274. The number of amides is 1. The molecule has 2 heterocycles. The maximum Gasteiger partial charge on any atom is 0.573 e. The van der Waals surface area contributed by atoms with Crippen molar-refractivity contribution >= 4 is 11.6 Å². The number of benzene rings is 2.